The van der Waals surface area contributed by atoms with Gasteiger partial charge < -0.3 is 15.1 Å². The number of carbonyl (C=O) groups excluding carboxylic acids is 1. The molecule has 1 heterocycles. The van der Waals surface area contributed by atoms with Crippen molar-refractivity contribution in [2.75, 3.05) is 37.6 Å². The highest BCUT2D eigenvalue weighted by Gasteiger charge is 2.25. The molecule has 1 aromatic carbocycles. The molecule has 2 N–H and O–H groups in total. The van der Waals surface area contributed by atoms with Gasteiger partial charge in [0, 0.05) is 6.04 Å². The van der Waals surface area contributed by atoms with Crippen LogP contribution in [0.4, 0.5) is 10.1 Å². The van der Waals surface area contributed by atoms with E-state index in [1.54, 1.807) is 6.07 Å². The lowest BCUT2D eigenvalue weighted by Gasteiger charge is -2.33. The average Bonchev–Trinajstić information content (AvgIpc) is 3.01. The molecule has 2 fully saturated rings. The van der Waals surface area contributed by atoms with Gasteiger partial charge in [-0.3, -0.25) is 4.79 Å². The zero-order valence-corrected chi connectivity index (χ0v) is 13.0. The number of piperazine rings is 1. The Balaban J connectivity index is 1.45. The van der Waals surface area contributed by atoms with Crippen molar-refractivity contribution in [2.24, 2.45) is 0 Å². The third-order valence-electron chi connectivity index (χ3n) is 4.79. The second-order valence-corrected chi connectivity index (χ2v) is 6.41. The molecule has 0 bridgehead atoms. The fraction of sp³-hybridized carbons (Fsp3) is 0.588. The van der Waals surface area contributed by atoms with Gasteiger partial charge in [-0.25, -0.2) is 4.39 Å². The highest BCUT2D eigenvalue weighted by atomic mass is 19.1. The van der Waals surface area contributed by atoms with E-state index in [2.05, 4.69) is 10.2 Å². The predicted molar refractivity (Wildman–Crippen MR) is 84.6 cm³/mol. The van der Waals surface area contributed by atoms with Gasteiger partial charge >= 0.3 is 0 Å². The molecule has 1 amide bonds. The minimum absolute atomic E-state index is 0.162. The summed E-state index contributed by atoms with van der Waals surface area (Å²) in [6.45, 7) is 3.90. The van der Waals surface area contributed by atoms with Gasteiger partial charge in [0.1, 0.15) is 5.82 Å². The fourth-order valence-corrected chi connectivity index (χ4v) is 3.52. The Kier molecular flexibility index (Phi) is 4.93. The molecule has 0 unspecified atom stereocenters. The molecule has 1 aromatic rings. The molecule has 1 aliphatic carbocycles. The van der Waals surface area contributed by atoms with E-state index in [0.29, 0.717) is 18.3 Å². The van der Waals surface area contributed by atoms with Crippen LogP contribution in [0.2, 0.25) is 0 Å². The van der Waals surface area contributed by atoms with E-state index in [0.717, 1.165) is 39.0 Å². The first-order valence-corrected chi connectivity index (χ1v) is 8.35. The molecular formula is C17H25FN3O+. The van der Waals surface area contributed by atoms with E-state index in [9.17, 15) is 9.18 Å². The number of benzene rings is 1. The highest BCUT2D eigenvalue weighted by molar-refractivity contribution is 5.77. The first kappa shape index (κ1) is 15.3. The summed E-state index contributed by atoms with van der Waals surface area (Å²) in [6, 6.07) is 7.31. The molecule has 3 rings (SSSR count). The number of hydrogen-bond donors (Lipinski definition) is 2. The lowest BCUT2D eigenvalue weighted by atomic mass is 10.2. The van der Waals surface area contributed by atoms with Gasteiger partial charge in [-0.1, -0.05) is 25.0 Å². The normalized spacial score (nSPS) is 20.3. The minimum Gasteiger partial charge on any atom is -0.358 e. The fourth-order valence-electron chi connectivity index (χ4n) is 3.52. The first-order valence-electron chi connectivity index (χ1n) is 8.35. The average molecular weight is 306 g/mol. The van der Waals surface area contributed by atoms with Crippen molar-refractivity contribution in [1.82, 2.24) is 5.32 Å². The summed E-state index contributed by atoms with van der Waals surface area (Å²) < 4.78 is 13.8. The summed E-state index contributed by atoms with van der Waals surface area (Å²) in [6.07, 6.45) is 4.72. The van der Waals surface area contributed by atoms with E-state index in [-0.39, 0.29) is 11.7 Å². The van der Waals surface area contributed by atoms with Crippen LogP contribution in [0, 0.1) is 5.82 Å². The van der Waals surface area contributed by atoms with Crippen molar-refractivity contribution in [3.63, 3.8) is 0 Å². The molecule has 0 radical (unpaired) electrons. The molecule has 1 saturated heterocycles. The Morgan fingerprint density at radius 2 is 1.91 bits per heavy atom. The van der Waals surface area contributed by atoms with Crippen LogP contribution >= 0.6 is 0 Å². The van der Waals surface area contributed by atoms with Crippen molar-refractivity contribution in [1.29, 1.82) is 0 Å². The van der Waals surface area contributed by atoms with Gasteiger partial charge in [-0.2, -0.15) is 0 Å². The second kappa shape index (κ2) is 7.09. The number of halogens is 1. The van der Waals surface area contributed by atoms with Crippen LogP contribution in [0.3, 0.4) is 0 Å². The molecule has 2 aliphatic rings. The van der Waals surface area contributed by atoms with Crippen LogP contribution in [0.15, 0.2) is 24.3 Å². The highest BCUT2D eigenvalue weighted by Crippen LogP contribution is 2.18. The van der Waals surface area contributed by atoms with Gasteiger partial charge in [0.25, 0.3) is 5.91 Å². The minimum atomic E-state index is -0.162. The van der Waals surface area contributed by atoms with Gasteiger partial charge in [-0.15, -0.1) is 0 Å². The summed E-state index contributed by atoms with van der Waals surface area (Å²) in [4.78, 5) is 15.4. The van der Waals surface area contributed by atoms with Crippen LogP contribution in [0.1, 0.15) is 25.7 Å². The maximum absolute atomic E-state index is 13.8. The number of carbonyl (C=O) groups is 1. The summed E-state index contributed by atoms with van der Waals surface area (Å²) >= 11 is 0. The van der Waals surface area contributed by atoms with Crippen LogP contribution in [0.5, 0.6) is 0 Å². The molecule has 0 aromatic heterocycles. The predicted octanol–water partition coefficient (Wildman–Crippen LogP) is 0.589. The molecule has 5 heteroatoms. The number of hydrogen-bond acceptors (Lipinski definition) is 2. The number of nitrogens with zero attached hydrogens (tertiary/aromatic N) is 1. The molecular weight excluding hydrogens is 281 g/mol. The number of anilines is 1. The van der Waals surface area contributed by atoms with E-state index < -0.39 is 0 Å². The summed E-state index contributed by atoms with van der Waals surface area (Å²) in [5.41, 5.74) is 0.678. The number of rotatable bonds is 4. The maximum Gasteiger partial charge on any atom is 0.275 e. The van der Waals surface area contributed by atoms with Crippen molar-refractivity contribution >= 4 is 11.6 Å². The summed E-state index contributed by atoms with van der Waals surface area (Å²) in [5.74, 6) is 0.00571. The van der Waals surface area contributed by atoms with Crippen LogP contribution in [0.25, 0.3) is 0 Å². The Morgan fingerprint density at radius 3 is 2.59 bits per heavy atom. The van der Waals surface area contributed by atoms with Crippen LogP contribution < -0.4 is 15.1 Å². The first-order chi connectivity index (χ1) is 10.7. The number of nitrogens with one attached hydrogen (secondary N) is 2. The maximum atomic E-state index is 13.8. The zero-order chi connectivity index (χ0) is 15.4. The van der Waals surface area contributed by atoms with Gasteiger partial charge in [0.15, 0.2) is 6.54 Å². The number of amides is 1. The Morgan fingerprint density at radius 1 is 1.23 bits per heavy atom. The quantitative estimate of drug-likeness (QED) is 0.854. The standard InChI is InChI=1S/C17H24FN3O/c18-15-7-3-4-8-16(15)21-11-9-20(10-12-21)13-17(22)19-14-5-1-2-6-14/h3-4,7-8,14H,1-2,5-6,9-13H2,(H,19,22)/p+1. The summed E-state index contributed by atoms with van der Waals surface area (Å²) in [5, 5.41) is 3.14. The van der Waals surface area contributed by atoms with E-state index in [1.165, 1.54) is 23.8 Å². The molecule has 4 nitrogen and oxygen atoms in total. The monoisotopic (exact) mass is 306 g/mol. The topological polar surface area (TPSA) is 36.8 Å². The zero-order valence-electron chi connectivity index (χ0n) is 13.0. The second-order valence-electron chi connectivity index (χ2n) is 6.41. The van der Waals surface area contributed by atoms with Crippen LogP contribution in [-0.4, -0.2) is 44.7 Å². The largest absolute Gasteiger partial charge is 0.358 e. The van der Waals surface area contributed by atoms with Gasteiger partial charge in [-0.05, 0) is 25.0 Å². The van der Waals surface area contributed by atoms with Crippen molar-refractivity contribution in [3.8, 4) is 0 Å². The molecule has 1 aliphatic heterocycles. The third-order valence-corrected chi connectivity index (χ3v) is 4.79. The van der Waals surface area contributed by atoms with E-state index >= 15 is 0 Å². The van der Waals surface area contributed by atoms with Crippen molar-refractivity contribution < 1.29 is 14.1 Å². The molecule has 0 atom stereocenters. The lowest BCUT2D eigenvalue weighted by molar-refractivity contribution is -0.892. The Labute approximate surface area is 131 Å². The Hall–Kier alpha value is -1.62. The van der Waals surface area contributed by atoms with Crippen molar-refractivity contribution in [3.05, 3.63) is 30.1 Å². The lowest BCUT2D eigenvalue weighted by Crippen LogP contribution is -3.16. The molecule has 22 heavy (non-hydrogen) atoms. The van der Waals surface area contributed by atoms with Crippen molar-refractivity contribution in [2.45, 2.75) is 31.7 Å². The smallest absolute Gasteiger partial charge is 0.275 e. The number of quaternary nitrogens is 1. The van der Waals surface area contributed by atoms with E-state index in [1.807, 2.05) is 12.1 Å². The third kappa shape index (κ3) is 3.77. The molecule has 120 valence electrons. The van der Waals surface area contributed by atoms with E-state index in [4.69, 9.17) is 0 Å². The molecule has 0 spiro atoms. The SMILES string of the molecule is O=C(C[NH+]1CCN(c2ccccc2F)CC1)NC1CCCC1. The van der Waals surface area contributed by atoms with Gasteiger partial charge in [0.2, 0.25) is 0 Å². The summed E-state index contributed by atoms with van der Waals surface area (Å²) in [7, 11) is 0. The number of para-hydroxylation sites is 1. The van der Waals surface area contributed by atoms with Gasteiger partial charge in [0.05, 0.1) is 31.9 Å². The Bertz CT molecular complexity index is 508. The van der Waals surface area contributed by atoms with Crippen LogP contribution in [-0.2, 0) is 4.79 Å². The molecule has 1 saturated carbocycles.